The predicted molar refractivity (Wildman–Crippen MR) is 120 cm³/mol. The number of likely N-dealkylation sites (tertiary alicyclic amines) is 1. The molecule has 0 N–H and O–H groups in total. The second kappa shape index (κ2) is 7.30. The lowest BCUT2D eigenvalue weighted by molar-refractivity contribution is 0.00131. The molecule has 6 nitrogen and oxygen atoms in total. The van der Waals surface area contributed by atoms with Crippen LogP contribution in [0, 0.1) is 11.8 Å². The highest BCUT2D eigenvalue weighted by Gasteiger charge is 2.47. The van der Waals surface area contributed by atoms with E-state index in [2.05, 4.69) is 21.0 Å². The van der Waals surface area contributed by atoms with Crippen LogP contribution in [0.5, 0.6) is 0 Å². The van der Waals surface area contributed by atoms with Crippen LogP contribution in [0.15, 0.2) is 40.7 Å². The minimum Gasteiger partial charge on any atom is -0.330 e. The van der Waals surface area contributed by atoms with Crippen molar-refractivity contribution in [2.45, 2.75) is 50.6 Å². The van der Waals surface area contributed by atoms with Crippen molar-refractivity contribution < 1.29 is 4.79 Å². The Hall–Kier alpha value is -2.47. The monoisotopic (exact) mass is 418 g/mol. The van der Waals surface area contributed by atoms with Gasteiger partial charge in [-0.15, -0.1) is 0 Å². The highest BCUT2D eigenvalue weighted by Crippen LogP contribution is 2.45. The van der Waals surface area contributed by atoms with E-state index in [1.54, 1.807) is 13.1 Å². The molecular weight excluding hydrogens is 388 g/mol. The Kier molecular flexibility index (Phi) is 4.53. The van der Waals surface area contributed by atoms with Gasteiger partial charge < -0.3 is 4.90 Å². The first-order chi connectivity index (χ1) is 15.1. The number of fused-ring (bicyclic) bond motifs is 7. The lowest BCUT2D eigenvalue weighted by atomic mass is 9.68. The molecule has 4 aliphatic rings. The number of carbonyl (C=O) groups excluding carboxylic acids is 1. The zero-order valence-corrected chi connectivity index (χ0v) is 18.2. The molecule has 0 unspecified atom stereocenters. The number of carbonyl (C=O) groups is 1. The van der Waals surface area contributed by atoms with Gasteiger partial charge in [-0.1, -0.05) is 36.3 Å². The first kappa shape index (κ1) is 19.2. The van der Waals surface area contributed by atoms with E-state index in [9.17, 15) is 9.59 Å². The number of aromatic nitrogens is 2. The van der Waals surface area contributed by atoms with Crippen molar-refractivity contribution in [3.05, 3.63) is 52.0 Å². The van der Waals surface area contributed by atoms with E-state index in [-0.39, 0.29) is 17.5 Å². The molecule has 31 heavy (non-hydrogen) atoms. The average Bonchev–Trinajstić information content (AvgIpc) is 2.81. The minimum atomic E-state index is -0.157. The van der Waals surface area contributed by atoms with Crippen LogP contribution in [-0.4, -0.2) is 57.2 Å². The van der Waals surface area contributed by atoms with Gasteiger partial charge in [0.25, 0.3) is 11.5 Å². The van der Waals surface area contributed by atoms with Gasteiger partial charge in [-0.25, -0.2) is 4.68 Å². The Morgan fingerprint density at radius 2 is 1.94 bits per heavy atom. The molecule has 1 aromatic carbocycles. The standard InChI is InChI=1S/C25H30N4O2/c1-27-24(30)20-9-3-2-8-19(20)22(26-27)25(31)29-12-6-7-16-13-17-14-18(23(16)29)15-28-11-5-4-10-21(17)28/h2-3,8-9,13,17-18,21,23H,4-7,10-12,14-15H2,1H3/t17-,18+,21-,23+/m0/s1. The van der Waals surface area contributed by atoms with Crippen molar-refractivity contribution in [2.75, 3.05) is 19.6 Å². The summed E-state index contributed by atoms with van der Waals surface area (Å²) in [5.41, 5.74) is 1.73. The summed E-state index contributed by atoms with van der Waals surface area (Å²) < 4.78 is 1.31. The van der Waals surface area contributed by atoms with Crippen molar-refractivity contribution in [2.24, 2.45) is 18.9 Å². The van der Waals surface area contributed by atoms with Gasteiger partial charge >= 0.3 is 0 Å². The van der Waals surface area contributed by atoms with Crippen LogP contribution >= 0.6 is 0 Å². The van der Waals surface area contributed by atoms with E-state index in [0.717, 1.165) is 25.9 Å². The van der Waals surface area contributed by atoms with Crippen LogP contribution in [0.4, 0.5) is 0 Å². The molecule has 0 radical (unpaired) electrons. The maximum absolute atomic E-state index is 13.9. The maximum Gasteiger partial charge on any atom is 0.275 e. The summed E-state index contributed by atoms with van der Waals surface area (Å²) in [7, 11) is 1.63. The summed E-state index contributed by atoms with van der Waals surface area (Å²) in [4.78, 5) is 31.2. The normalized spacial score (nSPS) is 30.5. The second-order valence-corrected chi connectivity index (χ2v) is 9.83. The summed E-state index contributed by atoms with van der Waals surface area (Å²) in [6.45, 7) is 3.08. The Bertz CT molecular complexity index is 1140. The molecule has 1 amide bonds. The number of benzene rings is 1. The largest absolute Gasteiger partial charge is 0.330 e. The first-order valence-electron chi connectivity index (χ1n) is 11.8. The van der Waals surface area contributed by atoms with Gasteiger partial charge in [-0.05, 0) is 56.6 Å². The zero-order chi connectivity index (χ0) is 21.1. The van der Waals surface area contributed by atoms with Crippen molar-refractivity contribution in [3.8, 4) is 0 Å². The number of aryl methyl sites for hydroxylation is 1. The molecule has 4 atom stereocenters. The summed E-state index contributed by atoms with van der Waals surface area (Å²) in [6.07, 6.45) is 9.82. The molecule has 6 heteroatoms. The van der Waals surface area contributed by atoms with E-state index < -0.39 is 0 Å². The van der Waals surface area contributed by atoms with Crippen LogP contribution in [0.1, 0.15) is 49.0 Å². The molecular formula is C25H30N4O2. The van der Waals surface area contributed by atoms with Crippen LogP contribution in [-0.2, 0) is 7.05 Å². The average molecular weight is 419 g/mol. The smallest absolute Gasteiger partial charge is 0.275 e. The topological polar surface area (TPSA) is 58.4 Å². The number of piperidine rings is 3. The van der Waals surface area contributed by atoms with E-state index >= 15 is 0 Å². The fraction of sp³-hybridized carbons (Fsp3) is 0.560. The third-order valence-corrected chi connectivity index (χ3v) is 8.08. The van der Waals surface area contributed by atoms with Crippen molar-refractivity contribution in [3.63, 3.8) is 0 Å². The van der Waals surface area contributed by atoms with Gasteiger partial charge in [0.15, 0.2) is 5.69 Å². The van der Waals surface area contributed by atoms with Crippen molar-refractivity contribution in [1.82, 2.24) is 19.6 Å². The summed E-state index contributed by atoms with van der Waals surface area (Å²) in [5.74, 6) is 1.13. The van der Waals surface area contributed by atoms with Crippen molar-refractivity contribution in [1.29, 1.82) is 0 Å². The van der Waals surface area contributed by atoms with Crippen LogP contribution < -0.4 is 5.56 Å². The number of amides is 1. The fourth-order valence-electron chi connectivity index (χ4n) is 6.79. The number of hydrogen-bond donors (Lipinski definition) is 0. The quantitative estimate of drug-likeness (QED) is 0.668. The number of nitrogens with zero attached hydrogens (tertiary/aromatic N) is 4. The molecule has 4 heterocycles. The SMILES string of the molecule is Cn1nc(C(=O)N2CCCC3=C[C@H]4C[C@H](CN5CCCC[C@@H]45)[C@@H]32)c2ccccc2c1=O. The first-order valence-corrected chi connectivity index (χ1v) is 11.8. The molecule has 1 aromatic heterocycles. The molecule has 1 aliphatic carbocycles. The third kappa shape index (κ3) is 2.99. The molecule has 162 valence electrons. The summed E-state index contributed by atoms with van der Waals surface area (Å²) in [5, 5.41) is 5.67. The van der Waals surface area contributed by atoms with Crippen molar-refractivity contribution >= 4 is 16.7 Å². The van der Waals surface area contributed by atoms with Gasteiger partial charge in [-0.3, -0.25) is 14.5 Å². The van der Waals surface area contributed by atoms with E-state index in [1.165, 1.54) is 42.5 Å². The van der Waals surface area contributed by atoms with E-state index in [0.29, 0.717) is 34.3 Å². The molecule has 3 saturated heterocycles. The molecule has 2 bridgehead atoms. The number of rotatable bonds is 1. The Labute approximate surface area is 182 Å². The van der Waals surface area contributed by atoms with Gasteiger partial charge in [0.05, 0.1) is 11.4 Å². The Morgan fingerprint density at radius 1 is 1.10 bits per heavy atom. The van der Waals surface area contributed by atoms with Gasteiger partial charge in [0, 0.05) is 31.6 Å². The van der Waals surface area contributed by atoms with E-state index in [4.69, 9.17) is 0 Å². The summed E-state index contributed by atoms with van der Waals surface area (Å²) in [6, 6.07) is 8.26. The molecule has 0 spiro atoms. The van der Waals surface area contributed by atoms with Gasteiger partial charge in [0.2, 0.25) is 0 Å². The van der Waals surface area contributed by atoms with Crippen LogP contribution in [0.25, 0.3) is 10.8 Å². The molecule has 3 fully saturated rings. The maximum atomic E-state index is 13.9. The van der Waals surface area contributed by atoms with Gasteiger partial charge in [0.1, 0.15) is 0 Å². The highest BCUT2D eigenvalue weighted by atomic mass is 16.2. The molecule has 0 saturated carbocycles. The molecule has 3 aliphatic heterocycles. The Balaban J connectivity index is 1.40. The Morgan fingerprint density at radius 3 is 2.81 bits per heavy atom. The van der Waals surface area contributed by atoms with Crippen LogP contribution in [0.2, 0.25) is 0 Å². The third-order valence-electron chi connectivity index (χ3n) is 8.08. The molecule has 2 aromatic rings. The predicted octanol–water partition coefficient (Wildman–Crippen LogP) is 2.97. The molecule has 6 rings (SSSR count). The minimum absolute atomic E-state index is 0.0263. The van der Waals surface area contributed by atoms with Crippen LogP contribution in [0.3, 0.4) is 0 Å². The lowest BCUT2D eigenvalue weighted by Crippen LogP contribution is -2.60. The van der Waals surface area contributed by atoms with E-state index in [1.807, 2.05) is 18.2 Å². The zero-order valence-electron chi connectivity index (χ0n) is 18.2. The second-order valence-electron chi connectivity index (χ2n) is 9.83. The fourth-order valence-corrected chi connectivity index (χ4v) is 6.79. The summed E-state index contributed by atoms with van der Waals surface area (Å²) >= 11 is 0. The van der Waals surface area contributed by atoms with Gasteiger partial charge in [-0.2, -0.15) is 5.10 Å². The lowest BCUT2D eigenvalue weighted by Gasteiger charge is -2.54. The highest BCUT2D eigenvalue weighted by molar-refractivity contribution is 6.05. The number of hydrogen-bond acceptors (Lipinski definition) is 4.